The van der Waals surface area contributed by atoms with Crippen molar-refractivity contribution in [3.05, 3.63) is 62.3 Å². The fraction of sp³-hybridized carbons (Fsp3) is 0.133. The average Bonchev–Trinajstić information content (AvgIpc) is 2.43. The Morgan fingerprint density at radius 3 is 2.52 bits per heavy atom. The summed E-state index contributed by atoms with van der Waals surface area (Å²) in [6, 6.07) is 11.3. The molecule has 2 nitrogen and oxygen atoms in total. The quantitative estimate of drug-likeness (QED) is 0.716. The van der Waals surface area contributed by atoms with Gasteiger partial charge in [0, 0.05) is 23.6 Å². The fourth-order valence-corrected chi connectivity index (χ4v) is 3.25. The highest BCUT2D eigenvalue weighted by molar-refractivity contribution is 9.10. The smallest absolute Gasteiger partial charge is 0.161 e. The second-order valence-electron chi connectivity index (χ2n) is 4.57. The van der Waals surface area contributed by atoms with Crippen molar-refractivity contribution in [3.8, 4) is 0 Å². The largest absolute Gasteiger partial charge is 0.389 e. The Morgan fingerprint density at radius 1 is 1.24 bits per heavy atom. The third kappa shape index (κ3) is 3.62. The zero-order valence-corrected chi connectivity index (χ0v) is 15.2. The summed E-state index contributed by atoms with van der Waals surface area (Å²) < 4.78 is 15.8. The third-order valence-corrected chi connectivity index (χ3v) is 4.87. The molecule has 110 valence electrons. The number of thiocarbonyl (C=S) groups is 1. The fourth-order valence-electron chi connectivity index (χ4n) is 1.99. The van der Waals surface area contributed by atoms with Crippen LogP contribution < -0.4 is 10.6 Å². The summed E-state index contributed by atoms with van der Waals surface area (Å²) in [5.74, 6) is -0.366. The highest BCUT2D eigenvalue weighted by Crippen LogP contribution is 2.30. The van der Waals surface area contributed by atoms with Crippen molar-refractivity contribution in [1.29, 1.82) is 0 Å². The van der Waals surface area contributed by atoms with Crippen LogP contribution in [0.1, 0.15) is 11.1 Å². The molecule has 2 aromatic rings. The van der Waals surface area contributed by atoms with Crippen LogP contribution in [-0.2, 0) is 6.54 Å². The van der Waals surface area contributed by atoms with E-state index in [0.29, 0.717) is 22.3 Å². The molecule has 0 amide bonds. The van der Waals surface area contributed by atoms with E-state index in [1.165, 1.54) is 0 Å². The van der Waals surface area contributed by atoms with Crippen molar-refractivity contribution in [3.63, 3.8) is 0 Å². The number of nitrogens with two attached hydrogens (primary N) is 1. The molecule has 6 heteroatoms. The van der Waals surface area contributed by atoms with Crippen LogP contribution in [0.15, 0.2) is 45.3 Å². The van der Waals surface area contributed by atoms with Gasteiger partial charge in [0.1, 0.15) is 4.99 Å². The van der Waals surface area contributed by atoms with Crippen molar-refractivity contribution < 1.29 is 4.39 Å². The molecule has 0 atom stereocenters. The molecule has 0 radical (unpaired) electrons. The van der Waals surface area contributed by atoms with Crippen LogP contribution in [0.5, 0.6) is 0 Å². The summed E-state index contributed by atoms with van der Waals surface area (Å²) in [7, 11) is 1.84. The third-order valence-electron chi connectivity index (χ3n) is 3.10. The zero-order chi connectivity index (χ0) is 15.6. The monoisotopic (exact) mass is 430 g/mol. The number of rotatable bonds is 4. The first-order chi connectivity index (χ1) is 9.91. The van der Waals surface area contributed by atoms with Crippen LogP contribution in [0, 0.1) is 5.82 Å². The van der Waals surface area contributed by atoms with E-state index in [4.69, 9.17) is 18.0 Å². The molecule has 2 rings (SSSR count). The number of benzene rings is 2. The highest BCUT2D eigenvalue weighted by Gasteiger charge is 2.16. The average molecular weight is 432 g/mol. The molecule has 0 aliphatic carbocycles. The highest BCUT2D eigenvalue weighted by atomic mass is 79.9. The van der Waals surface area contributed by atoms with Gasteiger partial charge in [-0.05, 0) is 39.7 Å². The van der Waals surface area contributed by atoms with E-state index in [9.17, 15) is 4.39 Å². The predicted molar refractivity (Wildman–Crippen MR) is 96.2 cm³/mol. The predicted octanol–water partition coefficient (Wildman–Crippen LogP) is 4.62. The minimum absolute atomic E-state index is 0.167. The van der Waals surface area contributed by atoms with Gasteiger partial charge in [0.05, 0.1) is 10.2 Å². The van der Waals surface area contributed by atoms with Gasteiger partial charge < -0.3 is 10.6 Å². The second-order valence-corrected chi connectivity index (χ2v) is 6.66. The SMILES string of the molecule is CN(Cc1ccccc1Br)c1ccc(C(N)=S)c(Br)c1F. The Kier molecular flexibility index (Phi) is 5.35. The molecular formula is C15H13Br2FN2S. The molecule has 0 saturated carbocycles. The summed E-state index contributed by atoms with van der Waals surface area (Å²) in [6.45, 7) is 0.581. The first-order valence-corrected chi connectivity index (χ1v) is 8.13. The Hall–Kier alpha value is -0.980. The molecule has 0 aromatic heterocycles. The Morgan fingerprint density at radius 2 is 1.90 bits per heavy atom. The van der Waals surface area contributed by atoms with Gasteiger partial charge in [0.15, 0.2) is 5.82 Å². The molecule has 0 heterocycles. The van der Waals surface area contributed by atoms with Crippen LogP contribution in [0.25, 0.3) is 0 Å². The standard InChI is InChI=1S/C15H13Br2FN2S/c1-20(8-9-4-2-3-5-11(9)16)12-7-6-10(15(19)21)13(17)14(12)18/h2-7H,8H2,1H3,(H2,19,21). The molecule has 21 heavy (non-hydrogen) atoms. The topological polar surface area (TPSA) is 29.3 Å². The van der Waals surface area contributed by atoms with Crippen LogP contribution in [0.3, 0.4) is 0 Å². The van der Waals surface area contributed by atoms with E-state index in [-0.39, 0.29) is 10.8 Å². The normalized spacial score (nSPS) is 10.5. The Labute approximate surface area is 145 Å². The maximum absolute atomic E-state index is 14.5. The molecule has 0 fully saturated rings. The molecule has 0 aliphatic heterocycles. The molecule has 0 unspecified atom stereocenters. The van der Waals surface area contributed by atoms with Gasteiger partial charge in [-0.1, -0.05) is 46.3 Å². The maximum Gasteiger partial charge on any atom is 0.161 e. The van der Waals surface area contributed by atoms with Crippen molar-refractivity contribution in [2.24, 2.45) is 5.73 Å². The summed E-state index contributed by atoms with van der Waals surface area (Å²) in [4.78, 5) is 2.00. The number of nitrogens with zero attached hydrogens (tertiary/aromatic N) is 1. The van der Waals surface area contributed by atoms with E-state index in [1.807, 2.05) is 36.2 Å². The van der Waals surface area contributed by atoms with Gasteiger partial charge >= 0.3 is 0 Å². The first kappa shape index (κ1) is 16.4. The molecule has 2 N–H and O–H groups in total. The molecule has 2 aromatic carbocycles. The lowest BCUT2D eigenvalue weighted by atomic mass is 10.1. The van der Waals surface area contributed by atoms with Gasteiger partial charge in [0.2, 0.25) is 0 Å². The van der Waals surface area contributed by atoms with E-state index in [1.54, 1.807) is 12.1 Å². The molecule has 0 spiro atoms. The van der Waals surface area contributed by atoms with E-state index in [0.717, 1.165) is 10.0 Å². The van der Waals surface area contributed by atoms with E-state index in [2.05, 4.69) is 31.9 Å². The second kappa shape index (κ2) is 6.85. The molecule has 0 bridgehead atoms. The van der Waals surface area contributed by atoms with Crippen molar-refractivity contribution in [1.82, 2.24) is 0 Å². The lowest BCUT2D eigenvalue weighted by Gasteiger charge is -2.22. The van der Waals surface area contributed by atoms with E-state index >= 15 is 0 Å². The number of halogens is 3. The first-order valence-electron chi connectivity index (χ1n) is 6.14. The van der Waals surface area contributed by atoms with Gasteiger partial charge in [-0.25, -0.2) is 4.39 Å². The van der Waals surface area contributed by atoms with Crippen LogP contribution in [0.2, 0.25) is 0 Å². The Balaban J connectivity index is 2.32. The lowest BCUT2D eigenvalue weighted by molar-refractivity contribution is 0.615. The van der Waals surface area contributed by atoms with E-state index < -0.39 is 0 Å². The van der Waals surface area contributed by atoms with Crippen molar-refractivity contribution in [2.75, 3.05) is 11.9 Å². The minimum Gasteiger partial charge on any atom is -0.389 e. The van der Waals surface area contributed by atoms with Crippen LogP contribution in [-0.4, -0.2) is 12.0 Å². The van der Waals surface area contributed by atoms with Crippen molar-refractivity contribution >= 4 is 54.8 Å². The van der Waals surface area contributed by atoms with Crippen molar-refractivity contribution in [2.45, 2.75) is 6.54 Å². The summed E-state index contributed by atoms with van der Waals surface area (Å²) >= 11 is 11.6. The van der Waals surface area contributed by atoms with Gasteiger partial charge in [-0.15, -0.1) is 0 Å². The van der Waals surface area contributed by atoms with Gasteiger partial charge in [-0.2, -0.15) is 0 Å². The summed E-state index contributed by atoms with van der Waals surface area (Å²) in [5, 5.41) is 0. The van der Waals surface area contributed by atoms with Gasteiger partial charge in [0.25, 0.3) is 0 Å². The van der Waals surface area contributed by atoms with Gasteiger partial charge in [-0.3, -0.25) is 0 Å². The van der Waals surface area contributed by atoms with Crippen LogP contribution >= 0.6 is 44.1 Å². The Bertz CT molecular complexity index is 691. The summed E-state index contributed by atoms with van der Waals surface area (Å²) in [6.07, 6.45) is 0. The number of hydrogen-bond acceptors (Lipinski definition) is 2. The molecule has 0 saturated heterocycles. The van der Waals surface area contributed by atoms with Crippen LogP contribution in [0.4, 0.5) is 10.1 Å². The lowest BCUT2D eigenvalue weighted by Crippen LogP contribution is -2.19. The molecule has 0 aliphatic rings. The number of anilines is 1. The molecular weight excluding hydrogens is 419 g/mol. The number of hydrogen-bond donors (Lipinski definition) is 1. The zero-order valence-electron chi connectivity index (χ0n) is 11.2. The maximum atomic E-state index is 14.5. The summed E-state index contributed by atoms with van der Waals surface area (Å²) in [5.41, 5.74) is 7.63. The minimum atomic E-state index is -0.366.